The maximum Gasteiger partial charge on any atom is 0.227 e. The number of carbonyl (C=O) groups excluding carboxylic acids is 1. The highest BCUT2D eigenvalue weighted by molar-refractivity contribution is 7.99. The van der Waals surface area contributed by atoms with E-state index in [1.807, 2.05) is 23.9 Å². The third-order valence-electron chi connectivity index (χ3n) is 3.10. The lowest BCUT2D eigenvalue weighted by Crippen LogP contribution is -2.25. The van der Waals surface area contributed by atoms with Gasteiger partial charge in [-0.1, -0.05) is 0 Å². The molecule has 0 saturated carbocycles. The average Bonchev–Trinajstić information content (AvgIpc) is 2.43. The molecule has 2 rings (SSSR count). The number of anilines is 1. The fourth-order valence-corrected chi connectivity index (χ4v) is 3.05. The molecule has 1 aromatic carbocycles. The van der Waals surface area contributed by atoms with E-state index in [-0.39, 0.29) is 12.3 Å². The summed E-state index contributed by atoms with van der Waals surface area (Å²) in [5.41, 5.74) is 2.27. The van der Waals surface area contributed by atoms with E-state index >= 15 is 0 Å². The highest BCUT2D eigenvalue weighted by Gasteiger charge is 2.14. The first-order chi connectivity index (χ1) is 8.72. The number of nitrogens with zero attached hydrogens (tertiary/aromatic N) is 2. The fourth-order valence-electron chi connectivity index (χ4n) is 2.03. The molecule has 0 spiro atoms. The van der Waals surface area contributed by atoms with Crippen molar-refractivity contribution in [2.24, 2.45) is 0 Å². The van der Waals surface area contributed by atoms with Crippen LogP contribution in [0.5, 0.6) is 0 Å². The molecule has 1 heterocycles. The van der Waals surface area contributed by atoms with Crippen molar-refractivity contribution in [2.75, 3.05) is 17.7 Å². The molecule has 0 aliphatic carbocycles. The number of benzene rings is 1. The van der Waals surface area contributed by atoms with Crippen LogP contribution in [0, 0.1) is 11.3 Å². The molecule has 4 heteroatoms. The Morgan fingerprint density at radius 2 is 2.39 bits per heavy atom. The van der Waals surface area contributed by atoms with Gasteiger partial charge in [-0.05, 0) is 42.4 Å². The van der Waals surface area contributed by atoms with Crippen molar-refractivity contribution in [1.29, 1.82) is 5.26 Å². The zero-order chi connectivity index (χ0) is 13.0. The van der Waals surface area contributed by atoms with Crippen molar-refractivity contribution in [2.45, 2.75) is 30.6 Å². The molecular formula is C14H16N2OS. The highest BCUT2D eigenvalue weighted by Crippen LogP contribution is 2.32. The van der Waals surface area contributed by atoms with Crippen LogP contribution in [0.15, 0.2) is 23.1 Å². The molecule has 0 fully saturated rings. The third-order valence-corrected chi connectivity index (χ3v) is 4.31. The van der Waals surface area contributed by atoms with Gasteiger partial charge < -0.3 is 4.90 Å². The number of nitriles is 1. The van der Waals surface area contributed by atoms with Gasteiger partial charge in [-0.25, -0.2) is 0 Å². The van der Waals surface area contributed by atoms with Gasteiger partial charge in [0.2, 0.25) is 5.91 Å². The first kappa shape index (κ1) is 13.0. The summed E-state index contributed by atoms with van der Waals surface area (Å²) in [5, 5.41) is 8.50. The van der Waals surface area contributed by atoms with Crippen molar-refractivity contribution in [1.82, 2.24) is 0 Å². The second-order valence-corrected chi connectivity index (χ2v) is 5.49. The van der Waals surface area contributed by atoms with E-state index in [1.165, 1.54) is 22.6 Å². The Labute approximate surface area is 112 Å². The molecule has 94 valence electrons. The molecule has 1 aromatic rings. The Hall–Kier alpha value is -1.47. The Kier molecular flexibility index (Phi) is 4.27. The van der Waals surface area contributed by atoms with E-state index in [1.54, 1.807) is 11.9 Å². The van der Waals surface area contributed by atoms with Crippen molar-refractivity contribution in [3.8, 4) is 6.07 Å². The van der Waals surface area contributed by atoms with Gasteiger partial charge in [0, 0.05) is 30.5 Å². The molecule has 3 nitrogen and oxygen atoms in total. The van der Waals surface area contributed by atoms with Crippen molar-refractivity contribution in [3.05, 3.63) is 23.8 Å². The topological polar surface area (TPSA) is 44.1 Å². The standard InChI is InChI=1S/C14H16N2OS/c1-16(14(17)5-2-8-15)12-6-7-13-11(10-12)4-3-9-18-13/h6-7,10H,2-5,9H2,1H3. The van der Waals surface area contributed by atoms with Crippen LogP contribution in [-0.2, 0) is 11.2 Å². The van der Waals surface area contributed by atoms with Crippen molar-refractivity contribution < 1.29 is 4.79 Å². The molecule has 0 N–H and O–H groups in total. The SMILES string of the molecule is CN(C(=O)CCC#N)c1ccc2c(c1)CCCS2. The summed E-state index contributed by atoms with van der Waals surface area (Å²) in [6.07, 6.45) is 2.87. The molecule has 1 aliphatic heterocycles. The van der Waals surface area contributed by atoms with E-state index in [9.17, 15) is 4.79 Å². The number of amides is 1. The molecular weight excluding hydrogens is 244 g/mol. The summed E-state index contributed by atoms with van der Waals surface area (Å²) in [6.45, 7) is 0. The third kappa shape index (κ3) is 2.85. The molecule has 0 saturated heterocycles. The van der Waals surface area contributed by atoms with Crippen LogP contribution >= 0.6 is 11.8 Å². The highest BCUT2D eigenvalue weighted by atomic mass is 32.2. The van der Waals surface area contributed by atoms with Crippen molar-refractivity contribution in [3.63, 3.8) is 0 Å². The Morgan fingerprint density at radius 1 is 1.56 bits per heavy atom. The molecule has 0 atom stereocenters. The smallest absolute Gasteiger partial charge is 0.227 e. The van der Waals surface area contributed by atoms with Gasteiger partial charge in [0.05, 0.1) is 6.07 Å². The van der Waals surface area contributed by atoms with Crippen LogP contribution in [0.3, 0.4) is 0 Å². The molecule has 0 bridgehead atoms. The maximum atomic E-state index is 11.8. The number of rotatable bonds is 3. The average molecular weight is 260 g/mol. The van der Waals surface area contributed by atoms with Gasteiger partial charge in [0.25, 0.3) is 0 Å². The van der Waals surface area contributed by atoms with Gasteiger partial charge in [-0.15, -0.1) is 11.8 Å². The molecule has 1 aliphatic rings. The summed E-state index contributed by atoms with van der Waals surface area (Å²) in [5.74, 6) is 1.18. The summed E-state index contributed by atoms with van der Waals surface area (Å²) in [4.78, 5) is 14.8. The van der Waals surface area contributed by atoms with Gasteiger partial charge in [-0.3, -0.25) is 4.79 Å². The zero-order valence-corrected chi connectivity index (χ0v) is 11.3. The number of thioether (sulfide) groups is 1. The minimum atomic E-state index is -0.0000347. The lowest BCUT2D eigenvalue weighted by molar-refractivity contribution is -0.118. The minimum absolute atomic E-state index is 0.0000347. The van der Waals surface area contributed by atoms with Crippen LogP contribution < -0.4 is 4.90 Å². The molecule has 1 amide bonds. The van der Waals surface area contributed by atoms with E-state index in [0.29, 0.717) is 6.42 Å². The predicted molar refractivity (Wildman–Crippen MR) is 73.7 cm³/mol. The summed E-state index contributed by atoms with van der Waals surface area (Å²) in [6, 6.07) is 8.19. The molecule has 0 radical (unpaired) electrons. The number of aryl methyl sites for hydroxylation is 1. The predicted octanol–water partition coefficient (Wildman–Crippen LogP) is 2.99. The van der Waals surface area contributed by atoms with Crippen LogP contribution in [0.2, 0.25) is 0 Å². The van der Waals surface area contributed by atoms with Gasteiger partial charge in [-0.2, -0.15) is 5.26 Å². The van der Waals surface area contributed by atoms with Crippen molar-refractivity contribution >= 4 is 23.4 Å². The fraction of sp³-hybridized carbons (Fsp3) is 0.429. The monoisotopic (exact) mass is 260 g/mol. The second-order valence-electron chi connectivity index (χ2n) is 4.35. The number of hydrogen-bond donors (Lipinski definition) is 0. The van der Waals surface area contributed by atoms with Crippen LogP contribution in [-0.4, -0.2) is 18.7 Å². The summed E-state index contributed by atoms with van der Waals surface area (Å²) < 4.78 is 0. The minimum Gasteiger partial charge on any atom is -0.315 e. The summed E-state index contributed by atoms with van der Waals surface area (Å²) in [7, 11) is 1.78. The van der Waals surface area contributed by atoms with E-state index in [4.69, 9.17) is 5.26 Å². The van der Waals surface area contributed by atoms with Gasteiger partial charge >= 0.3 is 0 Å². The molecule has 0 aromatic heterocycles. The zero-order valence-electron chi connectivity index (χ0n) is 10.5. The van der Waals surface area contributed by atoms with Crippen LogP contribution in [0.25, 0.3) is 0 Å². The maximum absolute atomic E-state index is 11.8. The lowest BCUT2D eigenvalue weighted by Gasteiger charge is -2.21. The number of fused-ring (bicyclic) bond motifs is 1. The first-order valence-electron chi connectivity index (χ1n) is 6.11. The van der Waals surface area contributed by atoms with E-state index in [2.05, 4.69) is 12.1 Å². The largest absolute Gasteiger partial charge is 0.315 e. The van der Waals surface area contributed by atoms with Gasteiger partial charge in [0.1, 0.15) is 0 Å². The molecule has 0 unspecified atom stereocenters. The van der Waals surface area contributed by atoms with Crippen LogP contribution in [0.4, 0.5) is 5.69 Å². The lowest BCUT2D eigenvalue weighted by atomic mass is 10.1. The van der Waals surface area contributed by atoms with E-state index < -0.39 is 0 Å². The normalized spacial score (nSPS) is 13.6. The Bertz CT molecular complexity index is 493. The van der Waals surface area contributed by atoms with Crippen LogP contribution in [0.1, 0.15) is 24.8 Å². The quantitative estimate of drug-likeness (QED) is 0.839. The second kappa shape index (κ2) is 5.92. The number of carbonyl (C=O) groups is 1. The Morgan fingerprint density at radius 3 is 3.17 bits per heavy atom. The summed E-state index contributed by atoms with van der Waals surface area (Å²) >= 11 is 1.88. The Balaban J connectivity index is 2.13. The number of hydrogen-bond acceptors (Lipinski definition) is 3. The van der Waals surface area contributed by atoms with E-state index in [0.717, 1.165) is 12.1 Å². The van der Waals surface area contributed by atoms with Gasteiger partial charge in [0.15, 0.2) is 0 Å². The first-order valence-corrected chi connectivity index (χ1v) is 7.10. The molecule has 18 heavy (non-hydrogen) atoms.